The maximum atomic E-state index is 13.4. The van der Waals surface area contributed by atoms with Crippen LogP contribution in [0.4, 0.5) is 5.69 Å². The molecule has 8 nitrogen and oxygen atoms in total. The lowest BCUT2D eigenvalue weighted by molar-refractivity contribution is -0.134. The van der Waals surface area contributed by atoms with Gasteiger partial charge in [0.1, 0.15) is 6.04 Å². The normalized spacial score (nSPS) is 23.4. The van der Waals surface area contributed by atoms with Crippen molar-refractivity contribution in [2.75, 3.05) is 18.0 Å². The molecule has 2 saturated heterocycles. The lowest BCUT2D eigenvalue weighted by Gasteiger charge is -2.42. The zero-order chi connectivity index (χ0) is 26.7. The third-order valence-corrected chi connectivity index (χ3v) is 9.67. The summed E-state index contributed by atoms with van der Waals surface area (Å²) in [5, 5.41) is 9.07. The molecule has 1 saturated carbocycles. The van der Waals surface area contributed by atoms with Gasteiger partial charge >= 0.3 is 0 Å². The van der Waals surface area contributed by atoms with E-state index in [1.807, 2.05) is 24.4 Å². The van der Waals surface area contributed by atoms with Crippen molar-refractivity contribution in [1.29, 1.82) is 0 Å². The van der Waals surface area contributed by atoms with Crippen molar-refractivity contribution in [2.24, 2.45) is 5.92 Å². The van der Waals surface area contributed by atoms with Crippen LogP contribution in [0, 0.1) is 5.92 Å². The van der Waals surface area contributed by atoms with Gasteiger partial charge in [-0.1, -0.05) is 24.6 Å². The Kier molecular flexibility index (Phi) is 6.03. The lowest BCUT2D eigenvalue weighted by atomic mass is 9.79. The molecule has 4 heterocycles. The van der Waals surface area contributed by atoms with Crippen molar-refractivity contribution in [1.82, 2.24) is 20.0 Å². The molecule has 3 amide bonds. The molecular formula is C31H35N5O3. The Balaban J connectivity index is 1.09. The Morgan fingerprint density at radius 3 is 2.59 bits per heavy atom. The Bertz CT molecular complexity index is 1470. The predicted octanol–water partition coefficient (Wildman–Crippen LogP) is 4.22. The van der Waals surface area contributed by atoms with E-state index in [1.54, 1.807) is 4.90 Å². The van der Waals surface area contributed by atoms with Crippen LogP contribution < -0.4 is 10.2 Å². The van der Waals surface area contributed by atoms with Crippen molar-refractivity contribution in [3.8, 4) is 0 Å². The number of carbonyl (C=O) groups is 3. The number of hydrogen-bond acceptors (Lipinski definition) is 5. The van der Waals surface area contributed by atoms with Crippen LogP contribution in [0.2, 0.25) is 0 Å². The van der Waals surface area contributed by atoms with Gasteiger partial charge in [0.05, 0.1) is 17.9 Å². The molecule has 2 atom stereocenters. The van der Waals surface area contributed by atoms with Gasteiger partial charge in [-0.2, -0.15) is 5.10 Å². The topological polar surface area (TPSA) is 87.5 Å². The molecule has 3 aromatic rings. The molecule has 7 rings (SSSR count). The van der Waals surface area contributed by atoms with Crippen molar-refractivity contribution < 1.29 is 14.4 Å². The molecule has 0 radical (unpaired) electrons. The van der Waals surface area contributed by atoms with Gasteiger partial charge in [-0.15, -0.1) is 0 Å². The summed E-state index contributed by atoms with van der Waals surface area (Å²) in [6.45, 7) is 4.69. The summed E-state index contributed by atoms with van der Waals surface area (Å²) < 4.78 is 2.16. The maximum absolute atomic E-state index is 13.4. The first-order valence-corrected chi connectivity index (χ1v) is 14.5. The van der Waals surface area contributed by atoms with Crippen LogP contribution in [0.15, 0.2) is 42.7 Å². The average Bonchev–Trinajstić information content (AvgIpc) is 3.48. The Hall–Kier alpha value is -3.52. The van der Waals surface area contributed by atoms with Crippen LogP contribution >= 0.6 is 0 Å². The lowest BCUT2D eigenvalue weighted by Crippen LogP contribution is -2.53. The van der Waals surface area contributed by atoms with Gasteiger partial charge in [0.2, 0.25) is 11.8 Å². The first-order valence-electron chi connectivity index (χ1n) is 14.5. The Labute approximate surface area is 228 Å². The first-order chi connectivity index (χ1) is 19.0. The second-order valence-electron chi connectivity index (χ2n) is 11.8. The number of aromatic nitrogens is 2. The summed E-state index contributed by atoms with van der Waals surface area (Å²) in [5.74, 6) is 0.0330. The largest absolute Gasteiger partial charge is 0.300 e. The number of anilines is 1. The van der Waals surface area contributed by atoms with E-state index in [9.17, 15) is 14.4 Å². The molecule has 39 heavy (non-hydrogen) atoms. The van der Waals surface area contributed by atoms with Gasteiger partial charge in [0, 0.05) is 49.1 Å². The maximum Gasteiger partial charge on any atom is 0.259 e. The van der Waals surface area contributed by atoms with Crippen LogP contribution in [-0.4, -0.2) is 57.6 Å². The van der Waals surface area contributed by atoms with E-state index < -0.39 is 11.9 Å². The number of hydrogen-bond donors (Lipinski definition) is 1. The average molecular weight is 526 g/mol. The highest BCUT2D eigenvalue weighted by Crippen LogP contribution is 2.41. The summed E-state index contributed by atoms with van der Waals surface area (Å²) in [6.07, 6.45) is 11.9. The quantitative estimate of drug-likeness (QED) is 0.487. The molecule has 1 aromatic heterocycles. The van der Waals surface area contributed by atoms with Crippen LogP contribution in [0.5, 0.6) is 0 Å². The highest BCUT2D eigenvalue weighted by molar-refractivity contribution is 6.27. The first kappa shape index (κ1) is 24.5. The minimum atomic E-state index is -0.669. The fourth-order valence-electron chi connectivity index (χ4n) is 7.12. The van der Waals surface area contributed by atoms with E-state index in [1.165, 1.54) is 19.3 Å². The third kappa shape index (κ3) is 4.16. The zero-order valence-corrected chi connectivity index (χ0v) is 22.4. The molecule has 3 fully saturated rings. The van der Waals surface area contributed by atoms with Crippen LogP contribution in [0.1, 0.15) is 79.4 Å². The number of carbonyl (C=O) groups excluding carboxylic acids is 3. The molecule has 8 heteroatoms. The van der Waals surface area contributed by atoms with Gasteiger partial charge in [-0.25, -0.2) is 0 Å². The fourth-order valence-corrected chi connectivity index (χ4v) is 7.12. The molecule has 3 aliphatic heterocycles. The van der Waals surface area contributed by atoms with Crippen molar-refractivity contribution in [2.45, 2.75) is 76.4 Å². The van der Waals surface area contributed by atoms with Crippen molar-refractivity contribution >= 4 is 34.2 Å². The fraction of sp³-hybridized carbons (Fsp3) is 0.484. The summed E-state index contributed by atoms with van der Waals surface area (Å²) in [6, 6.07) is 10.3. The molecule has 2 aromatic carbocycles. The molecule has 1 N–H and O–H groups in total. The molecule has 0 spiro atoms. The van der Waals surface area contributed by atoms with Gasteiger partial charge < -0.3 is 4.90 Å². The zero-order valence-electron chi connectivity index (χ0n) is 22.4. The van der Waals surface area contributed by atoms with Crippen LogP contribution in [0.25, 0.3) is 10.8 Å². The third-order valence-electron chi connectivity index (χ3n) is 9.67. The number of piperidine rings is 2. The molecular weight excluding hydrogens is 490 g/mol. The summed E-state index contributed by atoms with van der Waals surface area (Å²) in [4.78, 5) is 42.0. The van der Waals surface area contributed by atoms with Gasteiger partial charge in [0.25, 0.3) is 5.91 Å². The van der Waals surface area contributed by atoms with Gasteiger partial charge in [0.15, 0.2) is 0 Å². The summed E-state index contributed by atoms with van der Waals surface area (Å²) >= 11 is 0. The summed E-state index contributed by atoms with van der Waals surface area (Å²) in [7, 11) is 0. The number of imide groups is 1. The highest BCUT2D eigenvalue weighted by atomic mass is 16.2. The van der Waals surface area contributed by atoms with Crippen LogP contribution in [0.3, 0.4) is 0 Å². The molecule has 0 bridgehead atoms. The van der Waals surface area contributed by atoms with Crippen molar-refractivity contribution in [3.05, 3.63) is 59.4 Å². The standard InChI is InChI=1S/C31H35N5O3/c1-19(21-4-2-5-21)34-14-12-23(13-15-34)35-18-20(17-32-35)16-22-8-9-26-29-24(22)6-3-7-25(29)31(39)36(26)27-10-11-28(37)33-30(27)38/h3,6-9,17-19,21,23,27H,2,4-5,10-16H2,1H3,(H,33,37,38)/t19-,27+/m0/s1. The molecule has 1 aliphatic carbocycles. The smallest absolute Gasteiger partial charge is 0.259 e. The minimum Gasteiger partial charge on any atom is -0.300 e. The minimum absolute atomic E-state index is 0.173. The van der Waals surface area contributed by atoms with E-state index in [2.05, 4.69) is 40.2 Å². The SMILES string of the molecule is C[C@@H](C1CCC1)N1CCC(n2cc(Cc3ccc4c5c(cccc35)C(=O)N4[C@@H]3CCC(=O)NC3=O)cn2)CC1. The second kappa shape index (κ2) is 9.59. The number of nitrogens with one attached hydrogen (secondary N) is 1. The van der Waals surface area contributed by atoms with E-state index in [-0.39, 0.29) is 18.2 Å². The second-order valence-corrected chi connectivity index (χ2v) is 11.8. The molecule has 4 aliphatic rings. The van der Waals surface area contributed by atoms with Gasteiger partial charge in [-0.3, -0.25) is 29.3 Å². The van der Waals surface area contributed by atoms with E-state index in [0.29, 0.717) is 24.1 Å². The highest BCUT2D eigenvalue weighted by Gasteiger charge is 2.41. The Morgan fingerprint density at radius 1 is 1.03 bits per heavy atom. The molecule has 202 valence electrons. The van der Waals surface area contributed by atoms with E-state index in [0.717, 1.165) is 65.9 Å². The summed E-state index contributed by atoms with van der Waals surface area (Å²) in [5.41, 5.74) is 3.67. The number of likely N-dealkylation sites (tertiary alicyclic amines) is 1. The van der Waals surface area contributed by atoms with Crippen LogP contribution in [-0.2, 0) is 16.0 Å². The molecule has 0 unspecified atom stereocenters. The predicted molar refractivity (Wildman–Crippen MR) is 149 cm³/mol. The number of nitrogens with zero attached hydrogens (tertiary/aromatic N) is 4. The number of benzene rings is 2. The Morgan fingerprint density at radius 2 is 1.85 bits per heavy atom. The van der Waals surface area contributed by atoms with Gasteiger partial charge in [-0.05, 0) is 73.6 Å². The van der Waals surface area contributed by atoms with E-state index in [4.69, 9.17) is 5.10 Å². The van der Waals surface area contributed by atoms with Crippen molar-refractivity contribution in [3.63, 3.8) is 0 Å². The number of amides is 3. The number of rotatable bonds is 6. The van der Waals surface area contributed by atoms with E-state index >= 15 is 0 Å². The monoisotopic (exact) mass is 525 g/mol.